The van der Waals surface area contributed by atoms with Crippen LogP contribution in [0.3, 0.4) is 0 Å². The molecule has 15 heavy (non-hydrogen) atoms. The molecule has 78 valence electrons. The zero-order valence-electron chi connectivity index (χ0n) is 8.14. The van der Waals surface area contributed by atoms with E-state index in [9.17, 15) is 0 Å². The molecule has 2 rings (SSSR count). The minimum Gasteiger partial charge on any atom is -0.419 e. The molecule has 5 heteroatoms. The van der Waals surface area contributed by atoms with Crippen molar-refractivity contribution in [3.63, 3.8) is 0 Å². The molecule has 0 aliphatic rings. The smallest absolute Gasteiger partial charge is 0.247 e. The molecule has 1 unspecified atom stereocenters. The van der Waals surface area contributed by atoms with Crippen molar-refractivity contribution in [2.45, 2.75) is 13.0 Å². The fourth-order valence-corrected chi connectivity index (χ4v) is 1.56. The number of nitrogens with two attached hydrogens (primary N) is 1. The first-order valence-electron chi connectivity index (χ1n) is 4.52. The highest BCUT2D eigenvalue weighted by molar-refractivity contribution is 9.10. The van der Waals surface area contributed by atoms with E-state index in [-0.39, 0.29) is 6.04 Å². The third-order valence-corrected chi connectivity index (χ3v) is 2.39. The highest BCUT2D eigenvalue weighted by Gasteiger charge is 2.11. The van der Waals surface area contributed by atoms with Gasteiger partial charge in [0, 0.05) is 10.0 Å². The first-order chi connectivity index (χ1) is 7.16. The summed E-state index contributed by atoms with van der Waals surface area (Å²) in [7, 11) is 0. The van der Waals surface area contributed by atoms with Crippen molar-refractivity contribution in [3.8, 4) is 11.5 Å². The van der Waals surface area contributed by atoms with Crippen LogP contribution in [0.2, 0.25) is 0 Å². The largest absolute Gasteiger partial charge is 0.419 e. The Bertz CT molecular complexity index is 467. The molecule has 2 aromatic rings. The maximum Gasteiger partial charge on any atom is 0.247 e. The molecular formula is C10H10BrN3O. The van der Waals surface area contributed by atoms with E-state index in [1.807, 2.05) is 24.3 Å². The predicted octanol–water partition coefficient (Wildman–Crippen LogP) is 2.52. The lowest BCUT2D eigenvalue weighted by Crippen LogP contribution is -2.04. The average molecular weight is 268 g/mol. The van der Waals surface area contributed by atoms with Gasteiger partial charge in [-0.15, -0.1) is 10.2 Å². The Balaban J connectivity index is 2.37. The Morgan fingerprint density at radius 2 is 2.20 bits per heavy atom. The molecule has 0 aliphatic carbocycles. The summed E-state index contributed by atoms with van der Waals surface area (Å²) in [4.78, 5) is 0. The van der Waals surface area contributed by atoms with E-state index in [2.05, 4.69) is 26.1 Å². The molecule has 0 saturated heterocycles. The third kappa shape index (κ3) is 2.24. The molecule has 0 spiro atoms. The zero-order chi connectivity index (χ0) is 10.8. The van der Waals surface area contributed by atoms with Crippen LogP contribution in [0, 0.1) is 0 Å². The molecule has 1 atom stereocenters. The minimum absolute atomic E-state index is 0.238. The standard InChI is InChI=1S/C10H10BrN3O/c1-6(12)9-13-14-10(15-9)7-3-2-4-8(11)5-7/h2-6H,12H2,1H3. The van der Waals surface area contributed by atoms with Crippen molar-refractivity contribution >= 4 is 15.9 Å². The maximum absolute atomic E-state index is 5.63. The molecule has 0 amide bonds. The number of rotatable bonds is 2. The molecule has 0 saturated carbocycles. The van der Waals surface area contributed by atoms with Gasteiger partial charge in [0.25, 0.3) is 0 Å². The summed E-state index contributed by atoms with van der Waals surface area (Å²) in [6.07, 6.45) is 0. The molecule has 2 N–H and O–H groups in total. The van der Waals surface area contributed by atoms with Crippen LogP contribution in [0.15, 0.2) is 33.2 Å². The van der Waals surface area contributed by atoms with Crippen molar-refractivity contribution in [3.05, 3.63) is 34.6 Å². The lowest BCUT2D eigenvalue weighted by Gasteiger charge is -1.96. The second-order valence-corrected chi connectivity index (χ2v) is 4.16. The van der Waals surface area contributed by atoms with Crippen molar-refractivity contribution in [2.75, 3.05) is 0 Å². The molecule has 0 fully saturated rings. The predicted molar refractivity (Wildman–Crippen MR) is 60.0 cm³/mol. The van der Waals surface area contributed by atoms with Crippen LogP contribution in [0.25, 0.3) is 11.5 Å². The molecule has 1 heterocycles. The van der Waals surface area contributed by atoms with Crippen LogP contribution in [0.4, 0.5) is 0 Å². The summed E-state index contributed by atoms with van der Waals surface area (Å²) in [5, 5.41) is 7.80. The van der Waals surface area contributed by atoms with Gasteiger partial charge in [0.15, 0.2) is 0 Å². The molecular weight excluding hydrogens is 258 g/mol. The number of halogens is 1. The number of hydrogen-bond donors (Lipinski definition) is 1. The molecule has 1 aromatic carbocycles. The van der Waals surface area contributed by atoms with Gasteiger partial charge in [-0.3, -0.25) is 0 Å². The second-order valence-electron chi connectivity index (χ2n) is 3.24. The maximum atomic E-state index is 5.63. The lowest BCUT2D eigenvalue weighted by molar-refractivity contribution is 0.473. The van der Waals surface area contributed by atoms with Crippen molar-refractivity contribution < 1.29 is 4.42 Å². The summed E-state index contributed by atoms with van der Waals surface area (Å²) in [5.41, 5.74) is 6.51. The van der Waals surface area contributed by atoms with Gasteiger partial charge in [-0.2, -0.15) is 0 Å². The molecule has 0 aliphatic heterocycles. The van der Waals surface area contributed by atoms with Crippen molar-refractivity contribution in [1.29, 1.82) is 0 Å². The number of nitrogens with zero attached hydrogens (tertiary/aromatic N) is 2. The Labute approximate surface area is 95.6 Å². The topological polar surface area (TPSA) is 64.9 Å². The van der Waals surface area contributed by atoms with E-state index < -0.39 is 0 Å². The summed E-state index contributed by atoms with van der Waals surface area (Å²) < 4.78 is 6.39. The summed E-state index contributed by atoms with van der Waals surface area (Å²) in [6, 6.07) is 7.43. The van der Waals surface area contributed by atoms with Crippen LogP contribution in [0.1, 0.15) is 18.9 Å². The molecule has 0 bridgehead atoms. The van der Waals surface area contributed by atoms with Gasteiger partial charge in [0.2, 0.25) is 11.8 Å². The van der Waals surface area contributed by atoms with Gasteiger partial charge in [-0.25, -0.2) is 0 Å². The second kappa shape index (κ2) is 4.12. The van der Waals surface area contributed by atoms with Crippen molar-refractivity contribution in [1.82, 2.24) is 10.2 Å². The highest BCUT2D eigenvalue weighted by atomic mass is 79.9. The monoisotopic (exact) mass is 267 g/mol. The van der Waals surface area contributed by atoms with Crippen LogP contribution in [0.5, 0.6) is 0 Å². The van der Waals surface area contributed by atoms with Gasteiger partial charge >= 0.3 is 0 Å². The van der Waals surface area contributed by atoms with Gasteiger partial charge in [0.1, 0.15) is 0 Å². The van der Waals surface area contributed by atoms with Crippen LogP contribution in [-0.4, -0.2) is 10.2 Å². The SMILES string of the molecule is CC(N)c1nnc(-c2cccc(Br)c2)o1. The molecule has 4 nitrogen and oxygen atoms in total. The number of aromatic nitrogens is 2. The third-order valence-electron chi connectivity index (χ3n) is 1.90. The summed E-state index contributed by atoms with van der Waals surface area (Å²) in [5.74, 6) is 0.938. The first-order valence-corrected chi connectivity index (χ1v) is 5.31. The van der Waals surface area contributed by atoms with E-state index in [4.69, 9.17) is 10.2 Å². The number of benzene rings is 1. The normalized spacial score (nSPS) is 12.7. The molecule has 1 aromatic heterocycles. The van der Waals surface area contributed by atoms with E-state index in [0.29, 0.717) is 11.8 Å². The highest BCUT2D eigenvalue weighted by Crippen LogP contribution is 2.22. The first kappa shape index (κ1) is 10.3. The quantitative estimate of drug-likeness (QED) is 0.908. The van der Waals surface area contributed by atoms with E-state index >= 15 is 0 Å². The minimum atomic E-state index is -0.238. The van der Waals surface area contributed by atoms with E-state index in [1.165, 1.54) is 0 Å². The molecule has 0 radical (unpaired) electrons. The van der Waals surface area contributed by atoms with Crippen LogP contribution in [-0.2, 0) is 0 Å². The average Bonchev–Trinajstić information content (AvgIpc) is 2.66. The Hall–Kier alpha value is -1.20. The Morgan fingerprint density at radius 1 is 1.40 bits per heavy atom. The zero-order valence-corrected chi connectivity index (χ0v) is 9.73. The number of hydrogen-bond acceptors (Lipinski definition) is 4. The van der Waals surface area contributed by atoms with Gasteiger partial charge in [-0.05, 0) is 25.1 Å². The fourth-order valence-electron chi connectivity index (χ4n) is 1.16. The van der Waals surface area contributed by atoms with E-state index in [0.717, 1.165) is 10.0 Å². The lowest BCUT2D eigenvalue weighted by atomic mass is 10.2. The summed E-state index contributed by atoms with van der Waals surface area (Å²) >= 11 is 3.38. The van der Waals surface area contributed by atoms with Crippen molar-refractivity contribution in [2.24, 2.45) is 5.73 Å². The fraction of sp³-hybridized carbons (Fsp3) is 0.200. The van der Waals surface area contributed by atoms with Crippen LogP contribution < -0.4 is 5.73 Å². The van der Waals surface area contributed by atoms with E-state index in [1.54, 1.807) is 6.92 Å². The Morgan fingerprint density at radius 3 is 2.80 bits per heavy atom. The summed E-state index contributed by atoms with van der Waals surface area (Å²) in [6.45, 7) is 1.80. The van der Waals surface area contributed by atoms with Crippen LogP contribution >= 0.6 is 15.9 Å². The van der Waals surface area contributed by atoms with Gasteiger partial charge in [-0.1, -0.05) is 22.0 Å². The Kier molecular flexibility index (Phi) is 2.83. The van der Waals surface area contributed by atoms with Gasteiger partial charge < -0.3 is 10.2 Å². The van der Waals surface area contributed by atoms with Gasteiger partial charge in [0.05, 0.1) is 6.04 Å².